The number of benzene rings is 1. The molecule has 0 aliphatic heterocycles. The maximum atomic E-state index is 11.1. The number of Topliss-reactive ketones (excluding diaryl/α,β-unsaturated/α-hetero) is 1. The van der Waals surface area contributed by atoms with Gasteiger partial charge in [-0.1, -0.05) is 24.3 Å². The standard InChI is InChI=1S/C14H18O3/c1-11(15)14-8-6-13(7-9-14)5-3-4-10-17-12(2)16/h6-9H,3-5,10H2,1-2H3. The fourth-order valence-corrected chi connectivity index (χ4v) is 1.55. The van der Waals surface area contributed by atoms with E-state index in [2.05, 4.69) is 0 Å². The van der Waals surface area contributed by atoms with E-state index in [4.69, 9.17) is 4.74 Å². The minimum Gasteiger partial charge on any atom is -0.466 e. The van der Waals surface area contributed by atoms with Crippen LogP contribution in [0.4, 0.5) is 0 Å². The van der Waals surface area contributed by atoms with E-state index in [9.17, 15) is 9.59 Å². The van der Waals surface area contributed by atoms with Gasteiger partial charge in [-0.25, -0.2) is 0 Å². The van der Waals surface area contributed by atoms with Gasteiger partial charge in [-0.3, -0.25) is 9.59 Å². The molecule has 0 atom stereocenters. The Balaban J connectivity index is 2.27. The third-order valence-electron chi connectivity index (χ3n) is 2.53. The predicted molar refractivity (Wildman–Crippen MR) is 66.0 cm³/mol. The van der Waals surface area contributed by atoms with Crippen molar-refractivity contribution >= 4 is 11.8 Å². The molecule has 92 valence electrons. The van der Waals surface area contributed by atoms with Crippen molar-refractivity contribution in [3.63, 3.8) is 0 Å². The molecule has 0 radical (unpaired) electrons. The Kier molecular flexibility index (Phi) is 5.40. The third-order valence-corrected chi connectivity index (χ3v) is 2.53. The molecule has 0 spiro atoms. The number of aryl methyl sites for hydroxylation is 1. The van der Waals surface area contributed by atoms with Gasteiger partial charge in [-0.05, 0) is 31.7 Å². The summed E-state index contributed by atoms with van der Waals surface area (Å²) in [4.78, 5) is 21.6. The number of carbonyl (C=O) groups excluding carboxylic acids is 2. The van der Waals surface area contributed by atoms with E-state index in [0.29, 0.717) is 6.61 Å². The summed E-state index contributed by atoms with van der Waals surface area (Å²) in [6, 6.07) is 7.65. The number of carbonyl (C=O) groups is 2. The zero-order chi connectivity index (χ0) is 12.7. The molecule has 3 heteroatoms. The molecule has 0 heterocycles. The van der Waals surface area contributed by atoms with Crippen LogP contribution in [0.1, 0.15) is 42.6 Å². The average molecular weight is 234 g/mol. The Morgan fingerprint density at radius 1 is 1.06 bits per heavy atom. The molecule has 3 nitrogen and oxygen atoms in total. The van der Waals surface area contributed by atoms with Crippen LogP contribution >= 0.6 is 0 Å². The van der Waals surface area contributed by atoms with E-state index < -0.39 is 0 Å². The second kappa shape index (κ2) is 6.84. The summed E-state index contributed by atoms with van der Waals surface area (Å²) in [6.45, 7) is 3.47. The van der Waals surface area contributed by atoms with Crippen LogP contribution in [-0.2, 0) is 16.0 Å². The average Bonchev–Trinajstić information content (AvgIpc) is 2.29. The van der Waals surface area contributed by atoms with Gasteiger partial charge in [0, 0.05) is 12.5 Å². The number of ether oxygens (including phenoxy) is 1. The first kappa shape index (κ1) is 13.4. The Hall–Kier alpha value is -1.64. The highest BCUT2D eigenvalue weighted by molar-refractivity contribution is 5.93. The lowest BCUT2D eigenvalue weighted by molar-refractivity contribution is -0.141. The van der Waals surface area contributed by atoms with Gasteiger partial charge in [0.15, 0.2) is 5.78 Å². The zero-order valence-corrected chi connectivity index (χ0v) is 10.4. The Morgan fingerprint density at radius 2 is 1.71 bits per heavy atom. The van der Waals surface area contributed by atoms with Crippen molar-refractivity contribution in [2.75, 3.05) is 6.61 Å². The molecule has 0 N–H and O–H groups in total. The van der Waals surface area contributed by atoms with Crippen molar-refractivity contribution in [1.82, 2.24) is 0 Å². The number of hydrogen-bond acceptors (Lipinski definition) is 3. The van der Waals surface area contributed by atoms with Gasteiger partial charge < -0.3 is 4.74 Å². The van der Waals surface area contributed by atoms with Crippen molar-refractivity contribution in [1.29, 1.82) is 0 Å². The van der Waals surface area contributed by atoms with E-state index in [1.807, 2.05) is 24.3 Å². The third kappa shape index (κ3) is 5.29. The van der Waals surface area contributed by atoms with Gasteiger partial charge in [0.1, 0.15) is 0 Å². The quantitative estimate of drug-likeness (QED) is 0.432. The van der Waals surface area contributed by atoms with Gasteiger partial charge in [0.25, 0.3) is 0 Å². The molecule has 1 aromatic rings. The van der Waals surface area contributed by atoms with E-state index in [-0.39, 0.29) is 11.8 Å². The molecule has 0 amide bonds. The SMILES string of the molecule is CC(=O)OCCCCc1ccc(C(C)=O)cc1. The van der Waals surface area contributed by atoms with Gasteiger partial charge in [-0.2, -0.15) is 0 Å². The largest absolute Gasteiger partial charge is 0.466 e. The Labute approximate surface area is 102 Å². The van der Waals surface area contributed by atoms with Gasteiger partial charge in [0.2, 0.25) is 0 Å². The summed E-state index contributed by atoms with van der Waals surface area (Å²) in [5.41, 5.74) is 1.95. The molecule has 0 aliphatic carbocycles. The molecular weight excluding hydrogens is 216 g/mol. The zero-order valence-electron chi connectivity index (χ0n) is 10.4. The Morgan fingerprint density at radius 3 is 2.24 bits per heavy atom. The lowest BCUT2D eigenvalue weighted by atomic mass is 10.0. The molecule has 0 saturated carbocycles. The van der Waals surface area contributed by atoms with Crippen molar-refractivity contribution in [3.05, 3.63) is 35.4 Å². The van der Waals surface area contributed by atoms with Crippen molar-refractivity contribution in [2.45, 2.75) is 33.1 Å². The van der Waals surface area contributed by atoms with Crippen LogP contribution in [0.2, 0.25) is 0 Å². The molecule has 0 aliphatic rings. The number of unbranched alkanes of at least 4 members (excludes halogenated alkanes) is 1. The molecule has 0 saturated heterocycles. The number of esters is 1. The Bertz CT molecular complexity index is 379. The maximum Gasteiger partial charge on any atom is 0.302 e. The second-order valence-corrected chi connectivity index (χ2v) is 4.05. The highest BCUT2D eigenvalue weighted by Crippen LogP contribution is 2.08. The van der Waals surface area contributed by atoms with Crippen LogP contribution < -0.4 is 0 Å². The van der Waals surface area contributed by atoms with E-state index in [1.54, 1.807) is 6.92 Å². The van der Waals surface area contributed by atoms with Crippen LogP contribution in [0.5, 0.6) is 0 Å². The van der Waals surface area contributed by atoms with Crippen molar-refractivity contribution < 1.29 is 14.3 Å². The number of hydrogen-bond donors (Lipinski definition) is 0. The first-order valence-electron chi connectivity index (χ1n) is 5.83. The summed E-state index contributed by atoms with van der Waals surface area (Å²) in [7, 11) is 0. The van der Waals surface area contributed by atoms with Crippen molar-refractivity contribution in [2.24, 2.45) is 0 Å². The number of rotatable bonds is 6. The fraction of sp³-hybridized carbons (Fsp3) is 0.429. The van der Waals surface area contributed by atoms with Gasteiger partial charge in [0.05, 0.1) is 6.61 Å². The van der Waals surface area contributed by atoms with Crippen LogP contribution in [-0.4, -0.2) is 18.4 Å². The predicted octanol–water partition coefficient (Wildman–Crippen LogP) is 2.78. The topological polar surface area (TPSA) is 43.4 Å². The summed E-state index contributed by atoms with van der Waals surface area (Å²) >= 11 is 0. The fourth-order valence-electron chi connectivity index (χ4n) is 1.55. The normalized spacial score (nSPS) is 10.0. The van der Waals surface area contributed by atoms with Crippen LogP contribution in [0, 0.1) is 0 Å². The summed E-state index contributed by atoms with van der Waals surface area (Å²) in [6.07, 6.45) is 2.79. The molecule has 17 heavy (non-hydrogen) atoms. The van der Waals surface area contributed by atoms with Crippen LogP contribution in [0.25, 0.3) is 0 Å². The lowest BCUT2D eigenvalue weighted by Gasteiger charge is -2.03. The molecule has 0 aromatic heterocycles. The van der Waals surface area contributed by atoms with E-state index >= 15 is 0 Å². The number of ketones is 1. The minimum atomic E-state index is -0.226. The highest BCUT2D eigenvalue weighted by Gasteiger charge is 1.99. The molecular formula is C14H18O3. The lowest BCUT2D eigenvalue weighted by Crippen LogP contribution is -2.00. The highest BCUT2D eigenvalue weighted by atomic mass is 16.5. The summed E-state index contributed by atoms with van der Waals surface area (Å²) in [5, 5.41) is 0. The summed E-state index contributed by atoms with van der Waals surface area (Å²) in [5.74, 6) is -0.137. The smallest absolute Gasteiger partial charge is 0.302 e. The van der Waals surface area contributed by atoms with Crippen LogP contribution in [0.15, 0.2) is 24.3 Å². The summed E-state index contributed by atoms with van der Waals surface area (Å²) < 4.78 is 4.85. The van der Waals surface area contributed by atoms with Crippen LogP contribution in [0.3, 0.4) is 0 Å². The molecule has 0 unspecified atom stereocenters. The maximum absolute atomic E-state index is 11.1. The molecule has 0 fully saturated rings. The second-order valence-electron chi connectivity index (χ2n) is 4.05. The first-order valence-corrected chi connectivity index (χ1v) is 5.83. The van der Waals surface area contributed by atoms with Gasteiger partial charge >= 0.3 is 5.97 Å². The monoisotopic (exact) mass is 234 g/mol. The van der Waals surface area contributed by atoms with E-state index in [0.717, 1.165) is 24.8 Å². The minimum absolute atomic E-state index is 0.0893. The van der Waals surface area contributed by atoms with E-state index in [1.165, 1.54) is 12.5 Å². The molecule has 1 aromatic carbocycles. The first-order chi connectivity index (χ1) is 8.09. The van der Waals surface area contributed by atoms with Crippen molar-refractivity contribution in [3.8, 4) is 0 Å². The van der Waals surface area contributed by atoms with Gasteiger partial charge in [-0.15, -0.1) is 0 Å². The molecule has 1 rings (SSSR count). The molecule has 0 bridgehead atoms.